The first-order valence-electron chi connectivity index (χ1n) is 8.62. The molecule has 1 N–H and O–H groups in total. The van der Waals surface area contributed by atoms with Gasteiger partial charge in [0.05, 0.1) is 18.7 Å². The van der Waals surface area contributed by atoms with E-state index in [9.17, 15) is 9.59 Å². The summed E-state index contributed by atoms with van der Waals surface area (Å²) in [6.07, 6.45) is 2.13. The number of hydrogen-bond acceptors (Lipinski definition) is 4. The van der Waals surface area contributed by atoms with Crippen LogP contribution in [0.5, 0.6) is 5.75 Å². The van der Waals surface area contributed by atoms with Gasteiger partial charge in [-0.25, -0.2) is 0 Å². The predicted octanol–water partition coefficient (Wildman–Crippen LogP) is 1.91. The van der Waals surface area contributed by atoms with Crippen molar-refractivity contribution in [2.24, 2.45) is 5.92 Å². The van der Waals surface area contributed by atoms with E-state index in [2.05, 4.69) is 5.32 Å². The number of amides is 2. The zero-order chi connectivity index (χ0) is 18.0. The summed E-state index contributed by atoms with van der Waals surface area (Å²) in [5.74, 6) is 0.231. The van der Waals surface area contributed by atoms with Crippen molar-refractivity contribution in [2.45, 2.75) is 25.3 Å². The molecule has 1 atom stereocenters. The first kappa shape index (κ1) is 18.0. The van der Waals surface area contributed by atoms with Crippen LogP contribution in [0.15, 0.2) is 18.2 Å². The van der Waals surface area contributed by atoms with E-state index in [4.69, 9.17) is 16.3 Å². The number of carbonyl (C=O) groups excluding carboxylic acids is 2. The Morgan fingerprint density at radius 3 is 2.76 bits per heavy atom. The first-order valence-corrected chi connectivity index (χ1v) is 9.00. The van der Waals surface area contributed by atoms with Crippen LogP contribution >= 0.6 is 11.6 Å². The van der Waals surface area contributed by atoms with Gasteiger partial charge in [-0.2, -0.15) is 0 Å². The van der Waals surface area contributed by atoms with Crippen LogP contribution in [0.3, 0.4) is 0 Å². The van der Waals surface area contributed by atoms with Gasteiger partial charge in [0.15, 0.2) is 0 Å². The molecule has 25 heavy (non-hydrogen) atoms. The molecule has 2 heterocycles. The Morgan fingerprint density at radius 2 is 2.08 bits per heavy atom. The minimum Gasteiger partial charge on any atom is -0.495 e. The van der Waals surface area contributed by atoms with Gasteiger partial charge in [0, 0.05) is 31.1 Å². The average Bonchev–Trinajstić information content (AvgIpc) is 3.02. The minimum absolute atomic E-state index is 0.0451. The number of hydrogen-bond donors (Lipinski definition) is 1. The predicted molar refractivity (Wildman–Crippen MR) is 97.1 cm³/mol. The lowest BCUT2D eigenvalue weighted by Gasteiger charge is -2.33. The van der Waals surface area contributed by atoms with Gasteiger partial charge in [0.2, 0.25) is 11.8 Å². The zero-order valence-electron chi connectivity index (χ0n) is 14.6. The smallest absolute Gasteiger partial charge is 0.228 e. The molecular formula is C18H24ClN3O3. The number of carbonyl (C=O) groups is 2. The number of nitrogens with zero attached hydrogens (tertiary/aromatic N) is 2. The van der Waals surface area contributed by atoms with Gasteiger partial charge >= 0.3 is 0 Å². The minimum atomic E-state index is -0.323. The van der Waals surface area contributed by atoms with E-state index in [1.165, 1.54) is 0 Å². The molecule has 0 saturated carbocycles. The second kappa shape index (κ2) is 7.62. The number of anilines is 1. The fourth-order valence-electron chi connectivity index (χ4n) is 3.64. The second-order valence-electron chi connectivity index (χ2n) is 6.65. The topological polar surface area (TPSA) is 61.9 Å². The number of benzene rings is 1. The van der Waals surface area contributed by atoms with Gasteiger partial charge in [-0.3, -0.25) is 9.59 Å². The van der Waals surface area contributed by atoms with E-state index in [-0.39, 0.29) is 30.2 Å². The lowest BCUT2D eigenvalue weighted by molar-refractivity contribution is -0.137. The molecule has 1 unspecified atom stereocenters. The highest BCUT2D eigenvalue weighted by molar-refractivity contribution is 6.31. The fraction of sp³-hybridized carbons (Fsp3) is 0.556. The van der Waals surface area contributed by atoms with Crippen LogP contribution in [0.25, 0.3) is 0 Å². The van der Waals surface area contributed by atoms with Crippen LogP contribution < -0.4 is 15.0 Å². The Kier molecular flexibility index (Phi) is 5.49. The van der Waals surface area contributed by atoms with Gasteiger partial charge < -0.3 is 19.9 Å². The van der Waals surface area contributed by atoms with Gasteiger partial charge in [-0.1, -0.05) is 11.6 Å². The Labute approximate surface area is 153 Å². The standard InChI is InChI=1S/C18H24ClN3O3/c1-21(14-5-7-20-8-6-14)18(24)12-9-17(23)22(11-12)15-10-13(19)3-4-16(15)25-2/h3-4,10,12,14,20H,5-9,11H2,1-2H3. The summed E-state index contributed by atoms with van der Waals surface area (Å²) in [4.78, 5) is 28.8. The maximum absolute atomic E-state index is 12.9. The van der Waals surface area contributed by atoms with Crippen LogP contribution in [-0.2, 0) is 9.59 Å². The molecule has 1 aromatic rings. The maximum Gasteiger partial charge on any atom is 0.228 e. The summed E-state index contributed by atoms with van der Waals surface area (Å²) >= 11 is 6.08. The van der Waals surface area contributed by atoms with Crippen molar-refractivity contribution in [1.82, 2.24) is 10.2 Å². The van der Waals surface area contributed by atoms with Crippen LogP contribution in [0.4, 0.5) is 5.69 Å². The molecule has 1 aromatic carbocycles. The number of rotatable bonds is 4. The van der Waals surface area contributed by atoms with Crippen LogP contribution in [0.1, 0.15) is 19.3 Å². The summed E-state index contributed by atoms with van der Waals surface area (Å²) < 4.78 is 5.34. The maximum atomic E-state index is 12.9. The third-order valence-corrected chi connectivity index (χ3v) is 5.35. The molecule has 2 amide bonds. The number of piperidine rings is 1. The monoisotopic (exact) mass is 365 g/mol. The van der Waals surface area contributed by atoms with Gasteiger partial charge in [0.25, 0.3) is 0 Å². The first-order chi connectivity index (χ1) is 12.0. The summed E-state index contributed by atoms with van der Waals surface area (Å²) in [5.41, 5.74) is 0.625. The SMILES string of the molecule is COc1ccc(Cl)cc1N1CC(C(=O)N(C)C2CCNCC2)CC1=O. The molecule has 0 aliphatic carbocycles. The quantitative estimate of drug-likeness (QED) is 0.885. The van der Waals surface area contributed by atoms with E-state index < -0.39 is 0 Å². The summed E-state index contributed by atoms with van der Waals surface area (Å²) in [6, 6.07) is 5.42. The molecule has 2 fully saturated rings. The largest absolute Gasteiger partial charge is 0.495 e. The van der Waals surface area contributed by atoms with Gasteiger partial charge in [0.1, 0.15) is 5.75 Å². The van der Waals surface area contributed by atoms with E-state index in [0.717, 1.165) is 25.9 Å². The molecule has 2 saturated heterocycles. The Morgan fingerprint density at radius 1 is 1.36 bits per heavy atom. The number of nitrogens with one attached hydrogen (secondary N) is 1. The van der Waals surface area contributed by atoms with Crippen LogP contribution in [0, 0.1) is 5.92 Å². The lowest BCUT2D eigenvalue weighted by atomic mass is 10.0. The normalized spacial score (nSPS) is 21.5. The Bertz CT molecular complexity index is 661. The van der Waals surface area contributed by atoms with Crippen LogP contribution in [-0.4, -0.2) is 56.5 Å². The number of methoxy groups -OCH3 is 1. The third kappa shape index (κ3) is 3.75. The summed E-state index contributed by atoms with van der Waals surface area (Å²) in [5, 5.41) is 3.84. The van der Waals surface area contributed by atoms with Crippen molar-refractivity contribution in [3.05, 3.63) is 23.2 Å². The average molecular weight is 366 g/mol. The molecule has 0 spiro atoms. The highest BCUT2D eigenvalue weighted by Gasteiger charge is 2.38. The van der Waals surface area contributed by atoms with Gasteiger partial charge in [-0.15, -0.1) is 0 Å². The van der Waals surface area contributed by atoms with E-state index in [1.54, 1.807) is 30.2 Å². The lowest BCUT2D eigenvalue weighted by Crippen LogP contribution is -2.46. The van der Waals surface area contributed by atoms with E-state index >= 15 is 0 Å². The Hall–Kier alpha value is -1.79. The molecule has 7 heteroatoms. The van der Waals surface area contributed by atoms with Crippen molar-refractivity contribution in [3.8, 4) is 5.75 Å². The zero-order valence-corrected chi connectivity index (χ0v) is 15.4. The van der Waals surface area contributed by atoms with Crippen molar-refractivity contribution < 1.29 is 14.3 Å². The van der Waals surface area contributed by atoms with Gasteiger partial charge in [-0.05, 0) is 44.1 Å². The highest BCUT2D eigenvalue weighted by Crippen LogP contribution is 2.35. The van der Waals surface area contributed by atoms with Crippen molar-refractivity contribution in [3.63, 3.8) is 0 Å². The molecule has 136 valence electrons. The molecular weight excluding hydrogens is 342 g/mol. The third-order valence-electron chi connectivity index (χ3n) is 5.11. The second-order valence-corrected chi connectivity index (χ2v) is 7.09. The fourth-order valence-corrected chi connectivity index (χ4v) is 3.81. The van der Waals surface area contributed by atoms with Crippen molar-refractivity contribution in [1.29, 1.82) is 0 Å². The molecule has 0 bridgehead atoms. The Balaban J connectivity index is 1.74. The molecule has 6 nitrogen and oxygen atoms in total. The van der Waals surface area contributed by atoms with Crippen LogP contribution in [0.2, 0.25) is 5.02 Å². The molecule has 2 aliphatic heterocycles. The summed E-state index contributed by atoms with van der Waals surface area (Å²) in [6.45, 7) is 2.22. The molecule has 2 aliphatic rings. The van der Waals surface area contributed by atoms with E-state index in [0.29, 0.717) is 23.0 Å². The molecule has 0 radical (unpaired) electrons. The number of halogens is 1. The molecule has 0 aromatic heterocycles. The summed E-state index contributed by atoms with van der Waals surface area (Å²) in [7, 11) is 3.41. The van der Waals surface area contributed by atoms with Crippen molar-refractivity contribution >= 4 is 29.1 Å². The molecule has 3 rings (SSSR count). The number of ether oxygens (including phenoxy) is 1. The van der Waals surface area contributed by atoms with E-state index in [1.807, 2.05) is 11.9 Å². The van der Waals surface area contributed by atoms with Crippen molar-refractivity contribution in [2.75, 3.05) is 38.7 Å². The highest BCUT2D eigenvalue weighted by atomic mass is 35.5.